The summed E-state index contributed by atoms with van der Waals surface area (Å²) in [5, 5.41) is 11.0. The first-order valence-electron chi connectivity index (χ1n) is 8.32. The second-order valence-electron chi connectivity index (χ2n) is 7.55. The van der Waals surface area contributed by atoms with Crippen molar-refractivity contribution in [2.45, 2.75) is 71.2 Å². The highest BCUT2D eigenvalue weighted by molar-refractivity contribution is 5.36. The Labute approximate surface area is 128 Å². The van der Waals surface area contributed by atoms with Gasteiger partial charge >= 0.3 is 0 Å². The number of aryl methyl sites for hydroxylation is 2. The molecule has 0 spiro atoms. The molecule has 1 heterocycles. The number of rotatable bonds is 1. The number of ether oxygens (including phenoxy) is 1. The molecule has 2 fully saturated rings. The number of benzene rings is 1. The average Bonchev–Trinajstić information content (AvgIpc) is 2.36. The minimum absolute atomic E-state index is 0.0350. The molecule has 1 N–H and O–H groups in total. The van der Waals surface area contributed by atoms with Crippen LogP contribution in [-0.2, 0) is 4.74 Å². The SMILES string of the molecule is Cc1cccc(C)c1[C@@H]1C[C@@](C)(O)[C@H]2CC[C@H](C)C[C@@H]2O1. The van der Waals surface area contributed by atoms with Crippen LogP contribution in [0.15, 0.2) is 18.2 Å². The van der Waals surface area contributed by atoms with Crippen molar-refractivity contribution in [3.8, 4) is 0 Å². The summed E-state index contributed by atoms with van der Waals surface area (Å²) in [4.78, 5) is 0. The van der Waals surface area contributed by atoms with Gasteiger partial charge in [-0.2, -0.15) is 0 Å². The summed E-state index contributed by atoms with van der Waals surface area (Å²) in [6.07, 6.45) is 4.36. The molecule has 2 heteroatoms. The van der Waals surface area contributed by atoms with E-state index in [9.17, 15) is 5.11 Å². The quantitative estimate of drug-likeness (QED) is 0.834. The monoisotopic (exact) mass is 288 g/mol. The molecule has 1 aromatic rings. The third-order valence-electron chi connectivity index (χ3n) is 5.65. The molecular formula is C19H28O2. The second-order valence-corrected chi connectivity index (χ2v) is 7.55. The minimum atomic E-state index is -0.609. The zero-order valence-corrected chi connectivity index (χ0v) is 13.7. The lowest BCUT2D eigenvalue weighted by Gasteiger charge is -2.50. The Morgan fingerprint density at radius 1 is 1.19 bits per heavy atom. The van der Waals surface area contributed by atoms with Crippen molar-refractivity contribution >= 4 is 0 Å². The predicted octanol–water partition coefficient (Wildman–Crippen LogP) is 4.32. The first-order valence-corrected chi connectivity index (χ1v) is 8.32. The van der Waals surface area contributed by atoms with Gasteiger partial charge in [0.25, 0.3) is 0 Å². The first-order chi connectivity index (χ1) is 9.88. The summed E-state index contributed by atoms with van der Waals surface area (Å²) >= 11 is 0. The van der Waals surface area contributed by atoms with Crippen molar-refractivity contribution < 1.29 is 9.84 Å². The summed E-state index contributed by atoms with van der Waals surface area (Å²) in [7, 11) is 0. The van der Waals surface area contributed by atoms with E-state index in [0.717, 1.165) is 12.8 Å². The van der Waals surface area contributed by atoms with Gasteiger partial charge < -0.3 is 9.84 Å². The van der Waals surface area contributed by atoms with E-state index in [1.807, 2.05) is 6.92 Å². The van der Waals surface area contributed by atoms with Crippen LogP contribution in [0.1, 0.15) is 62.3 Å². The van der Waals surface area contributed by atoms with E-state index in [1.54, 1.807) is 0 Å². The second kappa shape index (κ2) is 5.40. The molecule has 1 aliphatic carbocycles. The molecule has 2 nitrogen and oxygen atoms in total. The fraction of sp³-hybridized carbons (Fsp3) is 0.684. The maximum Gasteiger partial charge on any atom is 0.0861 e. The summed E-state index contributed by atoms with van der Waals surface area (Å²) < 4.78 is 6.48. The molecule has 0 amide bonds. The van der Waals surface area contributed by atoms with Crippen LogP contribution in [0.2, 0.25) is 0 Å². The van der Waals surface area contributed by atoms with Gasteiger partial charge in [-0.05, 0) is 56.2 Å². The van der Waals surface area contributed by atoms with Crippen LogP contribution >= 0.6 is 0 Å². The predicted molar refractivity (Wildman–Crippen MR) is 85.3 cm³/mol. The highest BCUT2D eigenvalue weighted by Crippen LogP contribution is 2.48. The molecule has 1 aliphatic heterocycles. The van der Waals surface area contributed by atoms with Gasteiger partial charge in [-0.15, -0.1) is 0 Å². The lowest BCUT2D eigenvalue weighted by atomic mass is 9.68. The van der Waals surface area contributed by atoms with E-state index in [0.29, 0.717) is 18.3 Å². The highest BCUT2D eigenvalue weighted by atomic mass is 16.5. The molecule has 1 saturated heterocycles. The molecule has 1 aromatic carbocycles. The first kappa shape index (κ1) is 15.1. The van der Waals surface area contributed by atoms with Crippen LogP contribution in [0, 0.1) is 25.7 Å². The van der Waals surface area contributed by atoms with Gasteiger partial charge in [0.15, 0.2) is 0 Å². The third kappa shape index (κ3) is 2.76. The van der Waals surface area contributed by atoms with Crippen molar-refractivity contribution in [2.24, 2.45) is 11.8 Å². The van der Waals surface area contributed by atoms with Gasteiger partial charge in [-0.3, -0.25) is 0 Å². The summed E-state index contributed by atoms with van der Waals surface area (Å²) in [6.45, 7) is 8.62. The van der Waals surface area contributed by atoms with Crippen LogP contribution in [0.3, 0.4) is 0 Å². The van der Waals surface area contributed by atoms with Crippen molar-refractivity contribution in [1.82, 2.24) is 0 Å². The van der Waals surface area contributed by atoms with Crippen LogP contribution in [0.5, 0.6) is 0 Å². The lowest BCUT2D eigenvalue weighted by molar-refractivity contribution is -0.198. The van der Waals surface area contributed by atoms with E-state index in [1.165, 1.54) is 23.1 Å². The maximum absolute atomic E-state index is 11.0. The Morgan fingerprint density at radius 2 is 1.86 bits per heavy atom. The van der Waals surface area contributed by atoms with Crippen molar-refractivity contribution in [2.75, 3.05) is 0 Å². The van der Waals surface area contributed by atoms with Crippen molar-refractivity contribution in [3.05, 3.63) is 34.9 Å². The number of hydrogen-bond acceptors (Lipinski definition) is 2. The van der Waals surface area contributed by atoms with Gasteiger partial charge in [-0.25, -0.2) is 0 Å². The topological polar surface area (TPSA) is 29.5 Å². The van der Waals surface area contributed by atoms with Gasteiger partial charge in [0, 0.05) is 12.3 Å². The maximum atomic E-state index is 11.0. The van der Waals surface area contributed by atoms with Crippen molar-refractivity contribution in [3.63, 3.8) is 0 Å². The van der Waals surface area contributed by atoms with E-state index >= 15 is 0 Å². The summed E-state index contributed by atoms with van der Waals surface area (Å²) in [6, 6.07) is 6.40. The molecule has 2 aliphatic rings. The largest absolute Gasteiger partial charge is 0.390 e. The molecule has 0 bridgehead atoms. The van der Waals surface area contributed by atoms with E-state index < -0.39 is 5.60 Å². The Bertz CT molecular complexity index is 500. The smallest absolute Gasteiger partial charge is 0.0861 e. The Kier molecular flexibility index (Phi) is 3.87. The van der Waals surface area contributed by atoms with Crippen molar-refractivity contribution in [1.29, 1.82) is 0 Å². The molecule has 0 radical (unpaired) electrons. The molecule has 0 unspecified atom stereocenters. The summed E-state index contributed by atoms with van der Waals surface area (Å²) in [5.41, 5.74) is 3.23. The van der Waals surface area contributed by atoms with Gasteiger partial charge in [0.05, 0.1) is 17.8 Å². The van der Waals surface area contributed by atoms with Crippen LogP contribution < -0.4 is 0 Å². The minimum Gasteiger partial charge on any atom is -0.390 e. The van der Waals surface area contributed by atoms with Crippen LogP contribution in [0.25, 0.3) is 0 Å². The molecule has 3 rings (SSSR count). The molecular weight excluding hydrogens is 260 g/mol. The lowest BCUT2D eigenvalue weighted by Crippen LogP contribution is -2.51. The third-order valence-corrected chi connectivity index (χ3v) is 5.65. The fourth-order valence-electron chi connectivity index (χ4n) is 4.48. The molecule has 5 atom stereocenters. The van der Waals surface area contributed by atoms with E-state index in [-0.39, 0.29) is 12.2 Å². The standard InChI is InChI=1S/C19H28O2/c1-12-8-9-15-16(10-12)21-17(11-19(15,4)20)18-13(2)6-5-7-14(18)3/h5-7,12,15-17,20H,8-11H2,1-4H3/t12-,15-,16-,17-,19+/m0/s1. The molecule has 116 valence electrons. The van der Waals surface area contributed by atoms with E-state index in [4.69, 9.17) is 4.74 Å². The normalized spacial score (nSPS) is 39.9. The number of fused-ring (bicyclic) bond motifs is 1. The van der Waals surface area contributed by atoms with Gasteiger partial charge in [0.1, 0.15) is 0 Å². The number of aliphatic hydroxyl groups is 1. The fourth-order valence-corrected chi connectivity index (χ4v) is 4.48. The Balaban J connectivity index is 1.92. The molecule has 1 saturated carbocycles. The zero-order valence-electron chi connectivity index (χ0n) is 13.7. The van der Waals surface area contributed by atoms with Crippen LogP contribution in [-0.4, -0.2) is 16.8 Å². The molecule has 0 aromatic heterocycles. The molecule has 21 heavy (non-hydrogen) atoms. The van der Waals surface area contributed by atoms with E-state index in [2.05, 4.69) is 39.0 Å². The average molecular weight is 288 g/mol. The van der Waals surface area contributed by atoms with Crippen LogP contribution in [0.4, 0.5) is 0 Å². The van der Waals surface area contributed by atoms with Gasteiger partial charge in [0.2, 0.25) is 0 Å². The Hall–Kier alpha value is -0.860. The highest BCUT2D eigenvalue weighted by Gasteiger charge is 2.48. The Morgan fingerprint density at radius 3 is 2.52 bits per heavy atom. The van der Waals surface area contributed by atoms with Gasteiger partial charge in [-0.1, -0.05) is 31.5 Å². The number of hydrogen-bond donors (Lipinski definition) is 1. The summed E-state index contributed by atoms with van der Waals surface area (Å²) in [5.74, 6) is 1.01. The zero-order chi connectivity index (χ0) is 15.2.